The minimum atomic E-state index is -0.219. The Morgan fingerprint density at radius 1 is 0.958 bits per heavy atom. The fraction of sp³-hybridized carbons (Fsp3) is 0.389. The van der Waals surface area contributed by atoms with E-state index >= 15 is 0 Å². The van der Waals surface area contributed by atoms with Crippen molar-refractivity contribution in [3.8, 4) is 11.3 Å². The quantitative estimate of drug-likeness (QED) is 0.588. The van der Waals surface area contributed by atoms with Crippen LogP contribution in [0.1, 0.15) is 44.9 Å². The average molecular weight is 362 g/mol. The van der Waals surface area contributed by atoms with Crippen LogP contribution in [0.25, 0.3) is 21.5 Å². The van der Waals surface area contributed by atoms with Gasteiger partial charge in [0.2, 0.25) is 0 Å². The van der Waals surface area contributed by atoms with Crippen LogP contribution in [-0.2, 0) is 0 Å². The maximum absolute atomic E-state index is 11.0. The summed E-state index contributed by atoms with van der Waals surface area (Å²) in [7, 11) is 0. The zero-order valence-corrected chi connectivity index (χ0v) is 15.0. The molecule has 126 valence electrons. The van der Waals surface area contributed by atoms with Gasteiger partial charge in [0.15, 0.2) is 0 Å². The van der Waals surface area contributed by atoms with Crippen molar-refractivity contribution in [2.75, 3.05) is 0 Å². The van der Waals surface area contributed by atoms with E-state index < -0.39 is 0 Å². The summed E-state index contributed by atoms with van der Waals surface area (Å²) in [5.41, 5.74) is 3.91. The van der Waals surface area contributed by atoms with Crippen molar-refractivity contribution in [1.82, 2.24) is 15.2 Å². The number of hydrogen-bond donors (Lipinski definition) is 1. The Bertz CT molecular complexity index is 819. The average Bonchev–Trinajstić information content (AvgIpc) is 2.90. The summed E-state index contributed by atoms with van der Waals surface area (Å²) >= 11 is 7.55. The Balaban J connectivity index is 0.000000203. The number of thiazole rings is 1. The molecule has 0 radical (unpaired) electrons. The number of nitrogens with one attached hydrogen (secondary N) is 1. The van der Waals surface area contributed by atoms with Crippen molar-refractivity contribution in [2.24, 2.45) is 0 Å². The molecule has 6 heteroatoms. The summed E-state index contributed by atoms with van der Waals surface area (Å²) < 4.78 is 0.969. The number of halogens is 1. The van der Waals surface area contributed by atoms with Crippen LogP contribution in [0, 0.1) is 0 Å². The van der Waals surface area contributed by atoms with Gasteiger partial charge < -0.3 is 0 Å². The molecular weight excluding hydrogens is 342 g/mol. The summed E-state index contributed by atoms with van der Waals surface area (Å²) in [5.74, 6) is 0. The molecule has 1 N–H and O–H groups in total. The number of H-pyrrole nitrogens is 1. The highest BCUT2D eigenvalue weighted by Gasteiger charge is 2.10. The van der Waals surface area contributed by atoms with E-state index in [0.717, 1.165) is 15.8 Å². The van der Waals surface area contributed by atoms with Gasteiger partial charge in [-0.2, -0.15) is 5.10 Å². The topological polar surface area (TPSA) is 58.6 Å². The Labute approximate surface area is 149 Å². The standard InChI is InChI=1S/C11H6ClN3OS.C7H14/c12-7-2-1-6(11-10(7)13-5-17-11)8-3-4-9(16)15-14-8;1-2-4-6-7-5-3-1/h1-5H,(H,15,16);1-7H2. The number of rotatable bonds is 1. The van der Waals surface area contributed by atoms with E-state index in [1.807, 2.05) is 6.07 Å². The minimum Gasteiger partial charge on any atom is -0.268 e. The van der Waals surface area contributed by atoms with Crippen LogP contribution in [0.3, 0.4) is 0 Å². The van der Waals surface area contributed by atoms with Gasteiger partial charge in [-0.3, -0.25) is 4.79 Å². The first kappa shape index (κ1) is 17.1. The summed E-state index contributed by atoms with van der Waals surface area (Å²) in [6.07, 6.45) is 10.5. The van der Waals surface area contributed by atoms with Crippen molar-refractivity contribution in [1.29, 1.82) is 0 Å². The minimum absolute atomic E-state index is 0.219. The van der Waals surface area contributed by atoms with Gasteiger partial charge in [-0.25, -0.2) is 10.1 Å². The Kier molecular flexibility index (Phi) is 5.99. The number of aromatic amines is 1. The molecule has 3 aromatic rings. The molecule has 0 bridgehead atoms. The largest absolute Gasteiger partial charge is 0.268 e. The number of benzene rings is 1. The molecule has 0 spiro atoms. The second-order valence-electron chi connectivity index (χ2n) is 5.91. The molecule has 1 aliphatic carbocycles. The predicted molar refractivity (Wildman–Crippen MR) is 101 cm³/mol. The molecule has 1 saturated carbocycles. The van der Waals surface area contributed by atoms with Crippen LogP contribution in [0.5, 0.6) is 0 Å². The van der Waals surface area contributed by atoms with Crippen molar-refractivity contribution >= 4 is 33.2 Å². The number of aromatic nitrogens is 3. The molecule has 2 aromatic heterocycles. The summed E-state index contributed by atoms with van der Waals surface area (Å²) in [6.45, 7) is 0. The van der Waals surface area contributed by atoms with Crippen molar-refractivity contribution in [3.05, 3.63) is 45.2 Å². The van der Waals surface area contributed by atoms with Crippen LogP contribution >= 0.6 is 22.9 Å². The molecule has 0 saturated heterocycles. The van der Waals surface area contributed by atoms with Crippen LogP contribution in [-0.4, -0.2) is 15.2 Å². The molecule has 0 atom stereocenters. The molecule has 1 aliphatic rings. The Morgan fingerprint density at radius 2 is 1.62 bits per heavy atom. The van der Waals surface area contributed by atoms with Gasteiger partial charge in [0, 0.05) is 11.6 Å². The first-order valence-electron chi connectivity index (χ1n) is 8.33. The third kappa shape index (κ3) is 4.22. The Morgan fingerprint density at radius 3 is 2.21 bits per heavy atom. The van der Waals surface area contributed by atoms with Crippen molar-refractivity contribution in [2.45, 2.75) is 44.9 Å². The summed E-state index contributed by atoms with van der Waals surface area (Å²) in [4.78, 5) is 15.2. The fourth-order valence-corrected chi connectivity index (χ4v) is 3.95. The van der Waals surface area contributed by atoms with E-state index in [1.165, 1.54) is 62.3 Å². The van der Waals surface area contributed by atoms with Gasteiger partial charge in [0.05, 0.1) is 20.9 Å². The highest BCUT2D eigenvalue weighted by molar-refractivity contribution is 7.17. The molecule has 0 unspecified atom stereocenters. The maximum atomic E-state index is 11.0. The van der Waals surface area contributed by atoms with Gasteiger partial charge >= 0.3 is 0 Å². The molecule has 1 fully saturated rings. The SMILES string of the molecule is C1CCCCCC1.O=c1ccc(-c2ccc(Cl)c3ncsc23)n[nH]1. The van der Waals surface area contributed by atoms with Crippen LogP contribution in [0.15, 0.2) is 34.6 Å². The van der Waals surface area contributed by atoms with Gasteiger partial charge in [0.25, 0.3) is 5.56 Å². The second kappa shape index (κ2) is 8.40. The molecule has 4 rings (SSSR count). The third-order valence-electron chi connectivity index (χ3n) is 4.14. The highest BCUT2D eigenvalue weighted by atomic mass is 35.5. The van der Waals surface area contributed by atoms with Crippen LogP contribution in [0.2, 0.25) is 5.02 Å². The van der Waals surface area contributed by atoms with Gasteiger partial charge in [0.1, 0.15) is 5.52 Å². The number of hydrogen-bond acceptors (Lipinski definition) is 4. The van der Waals surface area contributed by atoms with Gasteiger partial charge in [-0.1, -0.05) is 56.5 Å². The molecule has 0 amide bonds. The predicted octanol–water partition coefficient (Wildman–Crippen LogP) is 5.43. The first-order valence-corrected chi connectivity index (χ1v) is 9.59. The molecular formula is C18H20ClN3OS. The lowest BCUT2D eigenvalue weighted by atomic mass is 10.1. The van der Waals surface area contributed by atoms with Gasteiger partial charge in [-0.15, -0.1) is 11.3 Å². The lowest BCUT2D eigenvalue weighted by Gasteiger charge is -2.01. The molecule has 24 heavy (non-hydrogen) atoms. The smallest absolute Gasteiger partial charge is 0.264 e. The van der Waals surface area contributed by atoms with Gasteiger partial charge in [-0.05, 0) is 18.2 Å². The number of fused-ring (bicyclic) bond motifs is 1. The van der Waals surface area contributed by atoms with E-state index in [-0.39, 0.29) is 5.56 Å². The van der Waals surface area contributed by atoms with Crippen molar-refractivity contribution < 1.29 is 0 Å². The van der Waals surface area contributed by atoms with Crippen molar-refractivity contribution in [3.63, 3.8) is 0 Å². The zero-order chi connectivity index (χ0) is 16.8. The highest BCUT2D eigenvalue weighted by Crippen LogP contribution is 2.33. The fourth-order valence-electron chi connectivity index (χ4n) is 2.85. The third-order valence-corrected chi connectivity index (χ3v) is 5.30. The molecule has 2 heterocycles. The van der Waals surface area contributed by atoms with E-state index in [4.69, 9.17) is 11.6 Å². The lowest BCUT2D eigenvalue weighted by molar-refractivity contribution is 0.702. The van der Waals surface area contributed by atoms with E-state index in [2.05, 4.69) is 15.2 Å². The molecule has 1 aromatic carbocycles. The van der Waals surface area contributed by atoms with Crippen LogP contribution in [0.4, 0.5) is 0 Å². The first-order chi connectivity index (χ1) is 11.8. The Hall–Kier alpha value is -1.72. The van der Waals surface area contributed by atoms with Crippen LogP contribution < -0.4 is 5.56 Å². The lowest BCUT2D eigenvalue weighted by Crippen LogP contribution is -2.05. The zero-order valence-electron chi connectivity index (χ0n) is 13.4. The second-order valence-corrected chi connectivity index (χ2v) is 7.17. The van der Waals surface area contributed by atoms with E-state index in [0.29, 0.717) is 10.7 Å². The summed E-state index contributed by atoms with van der Waals surface area (Å²) in [6, 6.07) is 6.79. The molecule has 0 aliphatic heterocycles. The van der Waals surface area contributed by atoms with E-state index in [1.54, 1.807) is 17.6 Å². The van der Waals surface area contributed by atoms with E-state index in [9.17, 15) is 4.79 Å². The maximum Gasteiger partial charge on any atom is 0.264 e. The molecule has 4 nitrogen and oxygen atoms in total. The normalized spacial score (nSPS) is 14.7. The summed E-state index contributed by atoms with van der Waals surface area (Å²) in [5, 5.41) is 7.04. The monoisotopic (exact) mass is 361 g/mol. The number of nitrogens with zero attached hydrogens (tertiary/aromatic N) is 2.